The van der Waals surface area contributed by atoms with Crippen LogP contribution >= 0.6 is 0 Å². The van der Waals surface area contributed by atoms with Crippen molar-refractivity contribution in [1.29, 1.82) is 0 Å². The van der Waals surface area contributed by atoms with Crippen molar-refractivity contribution in [2.45, 2.75) is 253 Å². The second kappa shape index (κ2) is 54.7. The van der Waals surface area contributed by atoms with Gasteiger partial charge >= 0.3 is 0 Å². The average molecular weight is 773 g/mol. The van der Waals surface area contributed by atoms with Crippen molar-refractivity contribution in [3.63, 3.8) is 0 Å². The summed E-state index contributed by atoms with van der Waals surface area (Å²) in [5, 5.41) is 0. The molecule has 0 aliphatic heterocycles. The Morgan fingerprint density at radius 3 is 0.982 bits per heavy atom. The van der Waals surface area contributed by atoms with E-state index in [1.54, 1.807) is 6.08 Å². The average Bonchev–Trinajstić information content (AvgIpc) is 3.16. The summed E-state index contributed by atoms with van der Waals surface area (Å²) >= 11 is 0. The summed E-state index contributed by atoms with van der Waals surface area (Å²) < 4.78 is 16.2. The largest absolute Gasteiger partial charge is 0.379 e. The van der Waals surface area contributed by atoms with Gasteiger partial charge in [0.1, 0.15) is 0 Å². The van der Waals surface area contributed by atoms with Crippen molar-refractivity contribution in [3.8, 4) is 0 Å². The minimum Gasteiger partial charge on any atom is -0.379 e. The first-order chi connectivity index (χ1) is 26.8. The van der Waals surface area contributed by atoms with E-state index in [9.17, 15) is 0 Å². The Labute approximate surface area is 347 Å². The fraction of sp³-hybridized carbons (Fsp3) is 0.808. The predicted molar refractivity (Wildman–Crippen MR) is 251 cm³/mol. The van der Waals surface area contributed by atoms with E-state index in [0.717, 1.165) is 13.2 Å². The molecule has 0 aromatic carbocycles. The molecule has 3 nitrogen and oxygen atoms in total. The summed E-state index contributed by atoms with van der Waals surface area (Å²) in [7, 11) is 0. The molecule has 0 bridgehead atoms. The maximum absolute atomic E-state index is 5.57. The molecule has 0 atom stereocenters. The summed E-state index contributed by atoms with van der Waals surface area (Å²) in [5.41, 5.74) is 0. The van der Waals surface area contributed by atoms with Gasteiger partial charge in [0.2, 0.25) is 0 Å². The Morgan fingerprint density at radius 2 is 0.655 bits per heavy atom. The van der Waals surface area contributed by atoms with Crippen LogP contribution in [0.5, 0.6) is 0 Å². The van der Waals surface area contributed by atoms with Gasteiger partial charge < -0.3 is 14.2 Å². The lowest BCUT2D eigenvalue weighted by Crippen LogP contribution is -2.03. The van der Waals surface area contributed by atoms with Gasteiger partial charge in [0.05, 0.1) is 24.9 Å². The summed E-state index contributed by atoms with van der Waals surface area (Å²) in [6.45, 7) is 23.0. The van der Waals surface area contributed by atoms with E-state index in [-0.39, 0.29) is 0 Å². The van der Waals surface area contributed by atoms with Gasteiger partial charge in [0.25, 0.3) is 0 Å². The van der Waals surface area contributed by atoms with Crippen molar-refractivity contribution >= 4 is 0 Å². The topological polar surface area (TPSA) is 27.7 Å². The molecule has 0 saturated heterocycles. The Kier molecular flexibility index (Phi) is 57.6. The monoisotopic (exact) mass is 773 g/mol. The van der Waals surface area contributed by atoms with Crippen molar-refractivity contribution in [1.82, 2.24) is 0 Å². The van der Waals surface area contributed by atoms with E-state index in [4.69, 9.17) is 14.2 Å². The lowest BCUT2D eigenvalue weighted by atomic mass is 10.1. The van der Waals surface area contributed by atoms with E-state index in [1.807, 2.05) is 13.8 Å². The van der Waals surface area contributed by atoms with Gasteiger partial charge in [-0.1, -0.05) is 191 Å². The molecule has 0 N–H and O–H groups in total. The quantitative estimate of drug-likeness (QED) is 0.0354. The summed E-state index contributed by atoms with van der Waals surface area (Å²) in [6.07, 6.45) is 58.8. The molecule has 0 heterocycles. The Hall–Kier alpha value is -1.42. The zero-order valence-electron chi connectivity index (χ0n) is 38.8. The smallest absolute Gasteiger partial charge is 0.0648 e. The molecule has 3 heteroatoms. The van der Waals surface area contributed by atoms with Gasteiger partial charge in [-0.2, -0.15) is 0 Å². The number of ether oxygens (including phenoxy) is 3. The standard InChI is InChI=1S/C25H50O.C21H38O.C6H12O/c1-4-5-6-7-8-9-10-11-12-13-14-15-16-17-18-19-20-21-22-23-24-26-25(2)3;1-4-5-6-7-8-9-10-11-12-13-14-15-16-17-18-19-20-22-21(2)3;1-4-5-7-6(2)3/h15-16,25H,4-14,17-24H2,1-3H3;7-12,21H,4-6,13-20H2,1-3H3;4,6H,1,5H2,2-3H3/b16-15-;8-7+,10-9+,12-11-;. The van der Waals surface area contributed by atoms with Crippen molar-refractivity contribution in [2.24, 2.45) is 0 Å². The highest BCUT2D eigenvalue weighted by molar-refractivity contribution is 5.10. The lowest BCUT2D eigenvalue weighted by Gasteiger charge is -2.06. The fourth-order valence-corrected chi connectivity index (χ4v) is 5.83. The second-order valence-electron chi connectivity index (χ2n) is 16.2. The van der Waals surface area contributed by atoms with Crippen molar-refractivity contribution in [3.05, 3.63) is 61.3 Å². The minimum atomic E-state index is 0.331. The normalized spacial score (nSPS) is 11.8. The molecule has 0 rings (SSSR count). The number of unbranched alkanes of at least 4 members (excludes halogenated alkanes) is 24. The Morgan fingerprint density at radius 1 is 0.345 bits per heavy atom. The van der Waals surface area contributed by atoms with Gasteiger partial charge in [-0.25, -0.2) is 0 Å². The molecular weight excluding hydrogens is 673 g/mol. The number of hydrogen-bond acceptors (Lipinski definition) is 3. The number of allylic oxidation sites excluding steroid dienone is 8. The molecule has 0 aliphatic carbocycles. The molecule has 0 aromatic rings. The van der Waals surface area contributed by atoms with Gasteiger partial charge in [0, 0.05) is 13.2 Å². The summed E-state index contributed by atoms with van der Waals surface area (Å²) in [5.74, 6) is 0. The van der Waals surface area contributed by atoms with Crippen LogP contribution in [0, 0.1) is 0 Å². The summed E-state index contributed by atoms with van der Waals surface area (Å²) in [6, 6.07) is 0. The van der Waals surface area contributed by atoms with Crippen LogP contribution in [0.2, 0.25) is 0 Å². The zero-order chi connectivity index (χ0) is 41.1. The van der Waals surface area contributed by atoms with Crippen molar-refractivity contribution in [2.75, 3.05) is 19.8 Å². The molecule has 0 unspecified atom stereocenters. The number of hydrogen-bond donors (Lipinski definition) is 0. The third-order valence-electron chi connectivity index (χ3n) is 9.20. The maximum Gasteiger partial charge on any atom is 0.0648 e. The third kappa shape index (κ3) is 67.7. The SMILES string of the molecule is C=CCOC(C)C.CCCC/C=C/C=C/C=C\CCCCCCCCOC(C)C.CCCCCCCCCCCC/C=C\CCCCCCCCOC(C)C. The maximum atomic E-state index is 5.57. The van der Waals surface area contributed by atoms with Crippen LogP contribution in [-0.4, -0.2) is 38.1 Å². The van der Waals surface area contributed by atoms with Crippen LogP contribution in [0.3, 0.4) is 0 Å². The first-order valence-electron chi connectivity index (χ1n) is 23.9. The molecule has 0 saturated carbocycles. The lowest BCUT2D eigenvalue weighted by molar-refractivity contribution is 0.0754. The van der Waals surface area contributed by atoms with Crippen LogP contribution in [0.4, 0.5) is 0 Å². The molecule has 0 radical (unpaired) electrons. The highest BCUT2D eigenvalue weighted by Crippen LogP contribution is 2.13. The van der Waals surface area contributed by atoms with E-state index in [0.29, 0.717) is 24.9 Å². The highest BCUT2D eigenvalue weighted by atomic mass is 16.5. The Bertz CT molecular complexity index is 791. The van der Waals surface area contributed by atoms with Crippen LogP contribution in [0.15, 0.2) is 61.3 Å². The van der Waals surface area contributed by atoms with E-state index >= 15 is 0 Å². The third-order valence-corrected chi connectivity index (χ3v) is 9.20. The molecule has 55 heavy (non-hydrogen) atoms. The summed E-state index contributed by atoms with van der Waals surface area (Å²) in [4.78, 5) is 0. The van der Waals surface area contributed by atoms with Crippen LogP contribution in [-0.2, 0) is 14.2 Å². The van der Waals surface area contributed by atoms with E-state index in [2.05, 4.69) is 96.7 Å². The number of rotatable bonds is 39. The molecule has 326 valence electrons. The molecule has 0 spiro atoms. The van der Waals surface area contributed by atoms with Gasteiger partial charge in [-0.15, -0.1) is 6.58 Å². The van der Waals surface area contributed by atoms with E-state index < -0.39 is 0 Å². The van der Waals surface area contributed by atoms with Gasteiger partial charge in [-0.05, 0) is 99.3 Å². The van der Waals surface area contributed by atoms with Crippen LogP contribution in [0.25, 0.3) is 0 Å². The highest BCUT2D eigenvalue weighted by Gasteiger charge is 1.96. The zero-order valence-corrected chi connectivity index (χ0v) is 38.8. The molecule has 0 aliphatic rings. The second-order valence-corrected chi connectivity index (χ2v) is 16.2. The minimum absolute atomic E-state index is 0.331. The van der Waals surface area contributed by atoms with E-state index in [1.165, 1.54) is 180 Å². The molecule has 0 amide bonds. The predicted octanol–water partition coefficient (Wildman–Crippen LogP) is 17.6. The van der Waals surface area contributed by atoms with Crippen LogP contribution in [0.1, 0.15) is 235 Å². The first kappa shape index (κ1) is 57.9. The van der Waals surface area contributed by atoms with Gasteiger partial charge in [-0.3, -0.25) is 0 Å². The Balaban J connectivity index is -0.000000844. The molecule has 0 fully saturated rings. The molecular formula is C52H100O3. The van der Waals surface area contributed by atoms with Crippen molar-refractivity contribution < 1.29 is 14.2 Å². The van der Waals surface area contributed by atoms with Gasteiger partial charge in [0.15, 0.2) is 0 Å². The van der Waals surface area contributed by atoms with Crippen LogP contribution < -0.4 is 0 Å². The first-order valence-corrected chi connectivity index (χ1v) is 23.9. The fourth-order valence-electron chi connectivity index (χ4n) is 5.83. The molecule has 0 aromatic heterocycles.